The van der Waals surface area contributed by atoms with Crippen molar-refractivity contribution in [3.8, 4) is 11.6 Å². The Morgan fingerprint density at radius 1 is 1.30 bits per heavy atom. The van der Waals surface area contributed by atoms with Crippen LogP contribution in [0.2, 0.25) is 5.02 Å². The highest BCUT2D eigenvalue weighted by molar-refractivity contribution is 9.10. The first-order chi connectivity index (χ1) is 9.54. The van der Waals surface area contributed by atoms with Gasteiger partial charge in [0.15, 0.2) is 0 Å². The van der Waals surface area contributed by atoms with Crippen LogP contribution in [0, 0.1) is 0 Å². The Hall–Kier alpha value is -1.10. The van der Waals surface area contributed by atoms with E-state index < -0.39 is 0 Å². The molecule has 1 heterocycles. The van der Waals surface area contributed by atoms with E-state index >= 15 is 0 Å². The van der Waals surface area contributed by atoms with Gasteiger partial charge in [0.2, 0.25) is 5.88 Å². The van der Waals surface area contributed by atoms with Crippen molar-refractivity contribution in [2.45, 2.75) is 26.4 Å². The van der Waals surface area contributed by atoms with Crippen molar-refractivity contribution in [2.24, 2.45) is 0 Å². The first-order valence-electron chi connectivity index (χ1n) is 6.36. The van der Waals surface area contributed by atoms with Crippen LogP contribution in [-0.2, 0) is 6.54 Å². The second-order valence-corrected chi connectivity index (χ2v) is 6.06. The Morgan fingerprint density at radius 2 is 2.00 bits per heavy atom. The van der Waals surface area contributed by atoms with E-state index in [1.165, 1.54) is 0 Å². The largest absolute Gasteiger partial charge is 0.439 e. The standard InChI is InChI=1S/C15H16BrClN2O/c1-10(2)18-8-11-7-12(16)9-19-15(11)20-14-5-3-13(17)4-6-14/h3-7,9-10,18H,8H2,1-2H3. The third-order valence-electron chi connectivity index (χ3n) is 2.62. The van der Waals surface area contributed by atoms with Gasteiger partial charge in [0, 0.05) is 33.8 Å². The molecule has 0 atom stereocenters. The fourth-order valence-corrected chi connectivity index (χ4v) is 2.12. The van der Waals surface area contributed by atoms with Crippen LogP contribution in [-0.4, -0.2) is 11.0 Å². The average molecular weight is 356 g/mol. The molecule has 2 rings (SSSR count). The van der Waals surface area contributed by atoms with E-state index in [1.54, 1.807) is 18.3 Å². The second kappa shape index (κ2) is 7.07. The molecule has 0 fully saturated rings. The molecule has 0 saturated heterocycles. The molecule has 0 spiro atoms. The van der Waals surface area contributed by atoms with Crippen molar-refractivity contribution in [2.75, 3.05) is 0 Å². The molecule has 0 unspecified atom stereocenters. The summed E-state index contributed by atoms with van der Waals surface area (Å²) in [5.41, 5.74) is 1.00. The predicted octanol–water partition coefficient (Wildman–Crippen LogP) is 4.79. The summed E-state index contributed by atoms with van der Waals surface area (Å²) in [6.07, 6.45) is 1.73. The highest BCUT2D eigenvalue weighted by Gasteiger charge is 2.08. The van der Waals surface area contributed by atoms with Gasteiger partial charge in [-0.25, -0.2) is 4.98 Å². The highest BCUT2D eigenvalue weighted by Crippen LogP contribution is 2.26. The van der Waals surface area contributed by atoms with E-state index in [1.807, 2.05) is 18.2 Å². The Kier molecular flexibility index (Phi) is 5.40. The van der Waals surface area contributed by atoms with Crippen LogP contribution in [0.4, 0.5) is 0 Å². The van der Waals surface area contributed by atoms with Crippen molar-refractivity contribution >= 4 is 27.5 Å². The van der Waals surface area contributed by atoms with Crippen molar-refractivity contribution in [3.05, 3.63) is 51.6 Å². The van der Waals surface area contributed by atoms with Crippen molar-refractivity contribution in [3.63, 3.8) is 0 Å². The molecule has 2 aromatic rings. The molecule has 1 aromatic carbocycles. The van der Waals surface area contributed by atoms with Crippen LogP contribution >= 0.6 is 27.5 Å². The van der Waals surface area contributed by atoms with Crippen molar-refractivity contribution < 1.29 is 4.74 Å². The van der Waals surface area contributed by atoms with E-state index in [-0.39, 0.29) is 0 Å². The number of aromatic nitrogens is 1. The van der Waals surface area contributed by atoms with Crippen molar-refractivity contribution in [1.29, 1.82) is 0 Å². The number of pyridine rings is 1. The molecule has 0 saturated carbocycles. The molecule has 0 aliphatic rings. The van der Waals surface area contributed by atoms with Gasteiger partial charge in [-0.15, -0.1) is 0 Å². The van der Waals surface area contributed by atoms with Crippen LogP contribution < -0.4 is 10.1 Å². The minimum absolute atomic E-state index is 0.400. The molecule has 106 valence electrons. The van der Waals surface area contributed by atoms with Gasteiger partial charge in [0.05, 0.1) is 0 Å². The maximum Gasteiger partial charge on any atom is 0.223 e. The quantitative estimate of drug-likeness (QED) is 0.837. The molecule has 3 nitrogen and oxygen atoms in total. The molecule has 1 N–H and O–H groups in total. The van der Waals surface area contributed by atoms with Crippen LogP contribution in [0.3, 0.4) is 0 Å². The average Bonchev–Trinajstić information content (AvgIpc) is 2.41. The fraction of sp³-hybridized carbons (Fsp3) is 0.267. The van der Waals surface area contributed by atoms with E-state index in [9.17, 15) is 0 Å². The second-order valence-electron chi connectivity index (χ2n) is 4.71. The molecule has 0 bridgehead atoms. The van der Waals surface area contributed by atoms with Gasteiger partial charge in [-0.3, -0.25) is 0 Å². The normalized spacial score (nSPS) is 10.8. The van der Waals surface area contributed by atoms with Gasteiger partial charge in [0.1, 0.15) is 5.75 Å². The number of halogens is 2. The lowest BCUT2D eigenvalue weighted by molar-refractivity contribution is 0.450. The molecule has 0 radical (unpaired) electrons. The summed E-state index contributed by atoms with van der Waals surface area (Å²) in [7, 11) is 0. The SMILES string of the molecule is CC(C)NCc1cc(Br)cnc1Oc1ccc(Cl)cc1. The summed E-state index contributed by atoms with van der Waals surface area (Å²) in [5, 5.41) is 4.05. The number of ether oxygens (including phenoxy) is 1. The molecule has 0 amide bonds. The van der Waals surface area contributed by atoms with Gasteiger partial charge in [-0.2, -0.15) is 0 Å². The molecule has 1 aromatic heterocycles. The van der Waals surface area contributed by atoms with Gasteiger partial charge < -0.3 is 10.1 Å². The number of hydrogen-bond donors (Lipinski definition) is 1. The number of rotatable bonds is 5. The smallest absolute Gasteiger partial charge is 0.223 e. The molecular formula is C15H16BrClN2O. The van der Waals surface area contributed by atoms with E-state index in [2.05, 4.69) is 40.1 Å². The van der Waals surface area contributed by atoms with Crippen molar-refractivity contribution in [1.82, 2.24) is 10.3 Å². The monoisotopic (exact) mass is 354 g/mol. The van der Waals surface area contributed by atoms with Crippen LogP contribution in [0.5, 0.6) is 11.6 Å². The zero-order chi connectivity index (χ0) is 14.5. The first kappa shape index (κ1) is 15.3. The zero-order valence-electron chi connectivity index (χ0n) is 11.4. The highest BCUT2D eigenvalue weighted by atomic mass is 79.9. The van der Waals surface area contributed by atoms with Gasteiger partial charge in [-0.05, 0) is 46.3 Å². The maximum atomic E-state index is 5.86. The summed E-state index contributed by atoms with van der Waals surface area (Å²) in [6, 6.07) is 9.65. The zero-order valence-corrected chi connectivity index (χ0v) is 13.7. The summed E-state index contributed by atoms with van der Waals surface area (Å²) in [4.78, 5) is 4.33. The summed E-state index contributed by atoms with van der Waals surface area (Å²) < 4.78 is 6.75. The number of benzene rings is 1. The lowest BCUT2D eigenvalue weighted by Gasteiger charge is -2.13. The summed E-state index contributed by atoms with van der Waals surface area (Å²) >= 11 is 9.30. The molecule has 0 aliphatic heterocycles. The summed E-state index contributed by atoms with van der Waals surface area (Å²) in [6.45, 7) is 4.91. The Morgan fingerprint density at radius 3 is 2.65 bits per heavy atom. The third-order valence-corrected chi connectivity index (χ3v) is 3.31. The number of nitrogens with one attached hydrogen (secondary N) is 1. The summed E-state index contributed by atoms with van der Waals surface area (Å²) in [5.74, 6) is 1.32. The molecule has 20 heavy (non-hydrogen) atoms. The van der Waals surface area contributed by atoms with Crippen LogP contribution in [0.1, 0.15) is 19.4 Å². The third kappa shape index (κ3) is 4.47. The molecule has 5 heteroatoms. The van der Waals surface area contributed by atoms with Crippen LogP contribution in [0.15, 0.2) is 41.0 Å². The fourth-order valence-electron chi connectivity index (χ4n) is 1.62. The number of hydrogen-bond acceptors (Lipinski definition) is 3. The van der Waals surface area contributed by atoms with E-state index in [0.717, 1.165) is 15.8 Å². The molecular weight excluding hydrogens is 340 g/mol. The van der Waals surface area contributed by atoms with Gasteiger partial charge >= 0.3 is 0 Å². The lowest BCUT2D eigenvalue weighted by atomic mass is 10.2. The van der Waals surface area contributed by atoms with Crippen LogP contribution in [0.25, 0.3) is 0 Å². The van der Waals surface area contributed by atoms with E-state index in [4.69, 9.17) is 16.3 Å². The minimum Gasteiger partial charge on any atom is -0.439 e. The lowest BCUT2D eigenvalue weighted by Crippen LogP contribution is -2.22. The Labute approximate surface area is 132 Å². The first-order valence-corrected chi connectivity index (χ1v) is 7.53. The van der Waals surface area contributed by atoms with Gasteiger partial charge in [-0.1, -0.05) is 25.4 Å². The Balaban J connectivity index is 2.19. The molecule has 0 aliphatic carbocycles. The topological polar surface area (TPSA) is 34.2 Å². The maximum absolute atomic E-state index is 5.86. The predicted molar refractivity (Wildman–Crippen MR) is 85.4 cm³/mol. The number of nitrogens with zero attached hydrogens (tertiary/aromatic N) is 1. The minimum atomic E-state index is 0.400. The Bertz CT molecular complexity index is 573. The van der Waals surface area contributed by atoms with E-state index in [0.29, 0.717) is 23.5 Å². The van der Waals surface area contributed by atoms with Gasteiger partial charge in [0.25, 0.3) is 0 Å².